The molecule has 1 aliphatic carbocycles. The van der Waals surface area contributed by atoms with Gasteiger partial charge in [-0.05, 0) is 67.8 Å². The number of methoxy groups -OCH3 is 1. The summed E-state index contributed by atoms with van der Waals surface area (Å²) in [6, 6.07) is 5.54. The summed E-state index contributed by atoms with van der Waals surface area (Å²) in [5.41, 5.74) is -0.698. The van der Waals surface area contributed by atoms with Crippen LogP contribution in [0.3, 0.4) is 0 Å². The fourth-order valence-electron chi connectivity index (χ4n) is 6.18. The van der Waals surface area contributed by atoms with Crippen LogP contribution in [0.15, 0.2) is 42.5 Å². The van der Waals surface area contributed by atoms with Crippen LogP contribution in [0.5, 0.6) is 5.75 Å². The summed E-state index contributed by atoms with van der Waals surface area (Å²) in [4.78, 5) is 56.1. The topological polar surface area (TPSA) is 120 Å². The fourth-order valence-corrected chi connectivity index (χ4v) is 6.18. The maximum absolute atomic E-state index is 15.6. The van der Waals surface area contributed by atoms with Crippen LogP contribution in [-0.2, 0) is 25.1 Å². The number of halogens is 5. The Morgan fingerprint density at radius 2 is 1.60 bits per heavy atom. The number of carbonyl (C=O) groups excluding carboxylic acids is 4. The number of rotatable bonds is 12. The lowest BCUT2D eigenvalue weighted by Crippen LogP contribution is -2.55. The van der Waals surface area contributed by atoms with Crippen molar-refractivity contribution in [2.45, 2.75) is 75.8 Å². The van der Waals surface area contributed by atoms with Crippen LogP contribution < -0.4 is 20.7 Å². The van der Waals surface area contributed by atoms with E-state index in [-0.39, 0.29) is 42.5 Å². The van der Waals surface area contributed by atoms with Crippen LogP contribution in [0.4, 0.5) is 27.6 Å². The van der Waals surface area contributed by atoms with Crippen molar-refractivity contribution >= 4 is 29.3 Å². The van der Waals surface area contributed by atoms with Crippen LogP contribution in [0, 0.1) is 11.7 Å². The number of amides is 4. The second kappa shape index (κ2) is 16.2. The van der Waals surface area contributed by atoms with Crippen molar-refractivity contribution in [1.82, 2.24) is 20.4 Å². The minimum absolute atomic E-state index is 0.126. The molecule has 4 amide bonds. The van der Waals surface area contributed by atoms with E-state index in [1.165, 1.54) is 31.4 Å². The molecule has 3 atom stereocenters. The predicted octanol–water partition coefficient (Wildman–Crippen LogP) is 4.65. The molecule has 2 aromatic carbocycles. The van der Waals surface area contributed by atoms with Crippen molar-refractivity contribution in [3.05, 3.63) is 59.4 Å². The third-order valence-electron chi connectivity index (χ3n) is 9.54. The van der Waals surface area contributed by atoms with Crippen molar-refractivity contribution in [1.29, 1.82) is 0 Å². The molecule has 1 heterocycles. The highest BCUT2D eigenvalue weighted by molar-refractivity contribution is 5.98. The zero-order valence-electron chi connectivity index (χ0n) is 28.5. The highest BCUT2D eigenvalue weighted by Crippen LogP contribution is 2.38. The Kier molecular flexibility index (Phi) is 12.5. The van der Waals surface area contributed by atoms with Gasteiger partial charge in [0.25, 0.3) is 5.91 Å². The molecule has 1 saturated heterocycles. The summed E-state index contributed by atoms with van der Waals surface area (Å²) in [6.07, 6.45) is -1.60. The number of benzene rings is 2. The van der Waals surface area contributed by atoms with Crippen molar-refractivity contribution in [3.8, 4) is 5.75 Å². The Morgan fingerprint density at radius 3 is 2.16 bits per heavy atom. The molecule has 3 N–H and O–H groups in total. The monoisotopic (exact) mass is 709 g/mol. The third kappa shape index (κ3) is 9.29. The second-order valence-electron chi connectivity index (χ2n) is 13.0. The summed E-state index contributed by atoms with van der Waals surface area (Å²) < 4.78 is 79.0. The van der Waals surface area contributed by atoms with Gasteiger partial charge in [0.15, 0.2) is 0 Å². The number of piperazine rings is 1. The number of anilines is 1. The second-order valence-corrected chi connectivity index (χ2v) is 13.0. The zero-order chi connectivity index (χ0) is 36.8. The van der Waals surface area contributed by atoms with Gasteiger partial charge in [-0.3, -0.25) is 19.2 Å². The van der Waals surface area contributed by atoms with Gasteiger partial charge in [-0.2, -0.15) is 8.78 Å². The van der Waals surface area contributed by atoms with Crippen molar-refractivity contribution in [2.75, 3.05) is 45.7 Å². The molecular weight excluding hydrogens is 665 g/mol. The molecular formula is C35H44F5N5O5. The number of nitrogens with one attached hydrogen (secondary N) is 3. The molecule has 0 bridgehead atoms. The molecule has 1 aliphatic heterocycles. The highest BCUT2D eigenvalue weighted by Gasteiger charge is 2.46. The normalized spacial score (nSPS) is 18.8. The van der Waals surface area contributed by atoms with Crippen molar-refractivity contribution in [3.63, 3.8) is 0 Å². The van der Waals surface area contributed by atoms with Gasteiger partial charge < -0.3 is 30.5 Å². The number of nitrogens with zero attached hydrogens (tertiary/aromatic N) is 2. The van der Waals surface area contributed by atoms with Gasteiger partial charge in [-0.1, -0.05) is 19.9 Å². The first-order valence-electron chi connectivity index (χ1n) is 16.6. The Balaban J connectivity index is 1.54. The molecule has 50 heavy (non-hydrogen) atoms. The number of ether oxygens (including phenoxy) is 1. The maximum Gasteiger partial charge on any atom is 0.349 e. The highest BCUT2D eigenvalue weighted by atomic mass is 19.3. The average Bonchev–Trinajstić information content (AvgIpc) is 3.10. The van der Waals surface area contributed by atoms with Crippen LogP contribution in [0.25, 0.3) is 0 Å². The van der Waals surface area contributed by atoms with Crippen molar-refractivity contribution < 1.29 is 45.9 Å². The first kappa shape index (κ1) is 38.5. The first-order chi connectivity index (χ1) is 23.6. The third-order valence-corrected chi connectivity index (χ3v) is 9.54. The molecule has 2 aromatic rings. The summed E-state index contributed by atoms with van der Waals surface area (Å²) in [6.45, 7) is 5.53. The van der Waals surface area contributed by atoms with Gasteiger partial charge in [-0.25, -0.2) is 13.2 Å². The largest absolute Gasteiger partial charge is 0.497 e. The molecule has 0 radical (unpaired) electrons. The fraction of sp³-hybridized carbons (Fsp3) is 0.543. The molecule has 15 heteroatoms. The molecule has 4 rings (SSSR count). The molecule has 10 nitrogen and oxygen atoms in total. The molecule has 0 spiro atoms. The van der Waals surface area contributed by atoms with Gasteiger partial charge in [0.05, 0.1) is 12.8 Å². The smallest absolute Gasteiger partial charge is 0.349 e. The van der Waals surface area contributed by atoms with Crippen LogP contribution in [0.1, 0.15) is 63.0 Å². The van der Waals surface area contributed by atoms with E-state index >= 15 is 13.2 Å². The molecule has 2 aliphatic rings. The number of alkyl halides is 4. The van der Waals surface area contributed by atoms with E-state index in [0.29, 0.717) is 31.7 Å². The van der Waals surface area contributed by atoms with E-state index in [2.05, 4.69) is 20.9 Å². The van der Waals surface area contributed by atoms with Gasteiger partial charge in [0, 0.05) is 56.9 Å². The Labute approximate surface area is 288 Å². The zero-order valence-corrected chi connectivity index (χ0v) is 28.5. The van der Waals surface area contributed by atoms with E-state index in [1.807, 2.05) is 7.05 Å². The lowest BCUT2D eigenvalue weighted by atomic mass is 9.81. The van der Waals surface area contributed by atoms with Gasteiger partial charge in [-0.15, -0.1) is 0 Å². The lowest BCUT2D eigenvalue weighted by Gasteiger charge is -2.36. The number of likely N-dealkylation sites (N-methyl/N-ethyl adjacent to an activating group) is 1. The summed E-state index contributed by atoms with van der Waals surface area (Å²) >= 11 is 0. The van der Waals surface area contributed by atoms with Gasteiger partial charge in [0.2, 0.25) is 23.6 Å². The summed E-state index contributed by atoms with van der Waals surface area (Å²) in [7, 11) is 3.28. The van der Waals surface area contributed by atoms with Crippen LogP contribution >= 0.6 is 0 Å². The predicted molar refractivity (Wildman–Crippen MR) is 175 cm³/mol. The standard InChI is InChI=1S/C35H44F5N5O5/c1-5-28(46)42-29(32(48)45-18-16-44(3)17-19-45)21(2)23-6-11-27(26(36)20-23)41-31(47)30(22-12-14-34(37,38)15-13-22)43-33(49)35(39,40)24-7-9-25(50-4)10-8-24/h6-11,20-22,29-30H,5,12-19H2,1-4H3,(H,41,47)(H,42,46)(H,43,49). The van der Waals surface area contributed by atoms with Gasteiger partial charge >= 0.3 is 5.92 Å². The van der Waals surface area contributed by atoms with Crippen molar-refractivity contribution in [2.24, 2.45) is 5.92 Å². The first-order valence-corrected chi connectivity index (χ1v) is 16.6. The Morgan fingerprint density at radius 1 is 0.980 bits per heavy atom. The molecule has 3 unspecified atom stereocenters. The average molecular weight is 710 g/mol. The molecule has 0 aromatic heterocycles. The van der Waals surface area contributed by atoms with E-state index in [9.17, 15) is 28.0 Å². The lowest BCUT2D eigenvalue weighted by molar-refractivity contribution is -0.150. The Bertz CT molecular complexity index is 1520. The van der Waals surface area contributed by atoms with E-state index in [4.69, 9.17) is 4.74 Å². The SMILES string of the molecule is CCC(=O)NC(C(=O)N1CCN(C)CC1)C(C)c1ccc(NC(=O)C(NC(=O)C(F)(F)c2ccc(OC)cc2)C2CCC(F)(F)CC2)c(F)c1. The van der Waals surface area contributed by atoms with E-state index in [1.54, 1.807) is 18.7 Å². The molecule has 274 valence electrons. The summed E-state index contributed by atoms with van der Waals surface area (Å²) in [5.74, 6) is -12.9. The molecule has 1 saturated carbocycles. The van der Waals surface area contributed by atoms with Gasteiger partial charge in [0.1, 0.15) is 23.7 Å². The molecule has 2 fully saturated rings. The Hall–Kier alpha value is -4.27. The number of carbonyl (C=O) groups is 4. The van der Waals surface area contributed by atoms with Crippen LogP contribution in [-0.4, -0.2) is 91.8 Å². The van der Waals surface area contributed by atoms with E-state index in [0.717, 1.165) is 18.2 Å². The van der Waals surface area contributed by atoms with E-state index < -0.39 is 71.8 Å². The number of hydrogen-bond donors (Lipinski definition) is 3. The maximum atomic E-state index is 15.6. The number of hydrogen-bond acceptors (Lipinski definition) is 6. The quantitative estimate of drug-likeness (QED) is 0.277. The summed E-state index contributed by atoms with van der Waals surface area (Å²) in [5, 5.41) is 7.13. The minimum atomic E-state index is -4.10. The minimum Gasteiger partial charge on any atom is -0.497 e. The van der Waals surface area contributed by atoms with Crippen LogP contribution in [0.2, 0.25) is 0 Å².